The first-order valence-corrected chi connectivity index (χ1v) is 45.1. The highest BCUT2D eigenvalue weighted by Crippen LogP contribution is 2.51. The highest BCUT2D eigenvalue weighted by atomic mass is 35.5. The van der Waals surface area contributed by atoms with Crippen molar-refractivity contribution in [2.45, 2.75) is 80.1 Å². The van der Waals surface area contributed by atoms with Gasteiger partial charge in [-0.05, 0) is 110 Å². The van der Waals surface area contributed by atoms with E-state index in [4.69, 9.17) is 138 Å². The largest absolute Gasteiger partial charge is 0.397 e. The topological polar surface area (TPSA) is 363 Å². The van der Waals surface area contributed by atoms with Gasteiger partial charge in [0, 0.05) is 119 Å². The summed E-state index contributed by atoms with van der Waals surface area (Å²) in [5.74, 6) is -7.91. The monoisotopic (exact) mass is 2030 g/mol. The standard InChI is InChI=1S/C31H26Cl4FN7O2.2C31H26Cl3F2N7O2/c1-5-19(44)41-8-10-42(11-9-41)29-16-12-18(32)27(20-21(33)24(36)22(34)23(35)25(20)38)40-30(16)43(31(45)17(29)13-37)28-15(4)6-7-39-26(28)14(2)3;2*1-5-19(44)41-8-10-42(11-9-41)29-16-12-18(32)27(20-23(35)24(36)21(33)22(34)25(20)38)40-30(16)43(31(45)17(29)13-37)28-15(4)6-7-39-26(28)14(2)3/h3*5-7,12,14H,1,8-11,38H2,2-4H3. The van der Waals surface area contributed by atoms with E-state index < -0.39 is 98.4 Å². The van der Waals surface area contributed by atoms with Crippen LogP contribution in [0.2, 0.25) is 50.2 Å². The fourth-order valence-corrected chi connectivity index (χ4v) is 18.7. The summed E-state index contributed by atoms with van der Waals surface area (Å²) in [7, 11) is 0. The maximum atomic E-state index is 15.5. The third kappa shape index (κ3) is 17.9. The molecule has 0 atom stereocenters. The van der Waals surface area contributed by atoms with E-state index in [2.05, 4.69) is 62.9 Å². The van der Waals surface area contributed by atoms with Crippen molar-refractivity contribution in [2.24, 2.45) is 0 Å². The van der Waals surface area contributed by atoms with Crippen molar-refractivity contribution in [1.29, 1.82) is 15.8 Å². The first-order valence-electron chi connectivity index (χ1n) is 41.3. The number of carbonyl (C=O) groups is 3. The van der Waals surface area contributed by atoms with Crippen LogP contribution in [0, 0.1) is 83.9 Å². The molecular weight excluding hydrogens is 1960 g/mol. The Morgan fingerprint density at radius 2 is 0.622 bits per heavy atom. The highest BCUT2D eigenvalue weighted by molar-refractivity contribution is 6.47. The Hall–Kier alpha value is -12.4. The van der Waals surface area contributed by atoms with Gasteiger partial charge in [-0.3, -0.25) is 57.4 Å². The number of anilines is 6. The Kier molecular flexibility index (Phi) is 29.9. The summed E-state index contributed by atoms with van der Waals surface area (Å²) in [5, 5.41) is 28.3. The van der Waals surface area contributed by atoms with E-state index in [1.54, 1.807) is 75.1 Å². The van der Waals surface area contributed by atoms with Crippen LogP contribution in [0.25, 0.3) is 83.9 Å². The first kappa shape index (κ1) is 100. The van der Waals surface area contributed by atoms with Gasteiger partial charge in [-0.25, -0.2) is 36.9 Å². The number of rotatable bonds is 15. The van der Waals surface area contributed by atoms with Gasteiger partial charge in [-0.2, -0.15) is 15.8 Å². The molecule has 6 N–H and O–H groups in total. The second-order valence-corrected chi connectivity index (χ2v) is 36.1. The third-order valence-corrected chi connectivity index (χ3v) is 27.0. The molecule has 696 valence electrons. The zero-order valence-corrected chi connectivity index (χ0v) is 80.7. The van der Waals surface area contributed by atoms with Gasteiger partial charge in [-0.15, -0.1) is 0 Å². The van der Waals surface area contributed by atoms with E-state index >= 15 is 13.2 Å². The number of halogens is 15. The predicted molar refractivity (Wildman–Crippen MR) is 522 cm³/mol. The molecule has 3 aliphatic heterocycles. The van der Waals surface area contributed by atoms with Crippen LogP contribution in [-0.4, -0.2) is 155 Å². The number of carbonyl (C=O) groups excluding carboxylic acids is 3. The zero-order chi connectivity index (χ0) is 98.7. The van der Waals surface area contributed by atoms with Crippen LogP contribution < -0.4 is 48.6 Å². The average Bonchev–Trinajstić information content (AvgIpc) is 0.728. The number of nitrogens with two attached hydrogens (primary N) is 3. The average molecular weight is 2040 g/mol. The second-order valence-electron chi connectivity index (χ2n) is 32.2. The lowest BCUT2D eigenvalue weighted by molar-refractivity contribution is -0.127. The molecule has 3 saturated heterocycles. The van der Waals surface area contributed by atoms with Gasteiger partial charge in [0.1, 0.15) is 61.9 Å². The summed E-state index contributed by atoms with van der Waals surface area (Å²) in [6, 6.07) is 15.7. The SMILES string of the molecule is C=CC(=O)N1CCN(c2c(C#N)c(=O)n(-c3c(C)ccnc3C(C)C)c3nc(-c4c(N)c(Cl)c(Cl)c(F)c4Cl)c(Cl)cc23)CC1.C=CC(=O)N1CCN(c2c(C#N)c(=O)n(-c3c(C)ccnc3C(C)C)c3nc(-c4c(N)c(Cl)c(Cl)c(F)c4F)c(Cl)cc23)CC1.C=CC(=O)N1CCN(c2c(C#N)c(=O)n(-c3c(C)ccnc3C(C)C)c3nc(-c4c(N)c(Cl)c(Cl)c(F)c4F)c(Cl)cc23)CC1. The van der Waals surface area contributed by atoms with Crippen LogP contribution in [0.5, 0.6) is 0 Å². The number of hydrogen-bond acceptors (Lipinski definition) is 21. The molecule has 12 heterocycles. The van der Waals surface area contributed by atoms with Crippen molar-refractivity contribution in [2.75, 3.05) is 110 Å². The summed E-state index contributed by atoms with van der Waals surface area (Å²) in [6.45, 7) is 31.0. The molecule has 0 aliphatic carbocycles. The molecule has 3 fully saturated rings. The van der Waals surface area contributed by atoms with E-state index in [1.165, 1.54) is 50.1 Å². The first-order chi connectivity index (χ1) is 64.0. The van der Waals surface area contributed by atoms with Gasteiger partial charge in [0.25, 0.3) is 16.7 Å². The van der Waals surface area contributed by atoms with Crippen molar-refractivity contribution in [3.8, 4) is 69.0 Å². The third-order valence-electron chi connectivity index (χ3n) is 23.2. The van der Waals surface area contributed by atoms with Crippen molar-refractivity contribution in [1.82, 2.24) is 58.3 Å². The molecule has 3 aliphatic rings. The molecule has 15 rings (SSSR count). The maximum Gasteiger partial charge on any atom is 0.276 e. The molecule has 0 spiro atoms. The number of piperazine rings is 3. The van der Waals surface area contributed by atoms with E-state index in [0.29, 0.717) is 114 Å². The number of nitriles is 3. The fraction of sp³-hybridized carbons (Fsp3) is 0.258. The summed E-state index contributed by atoms with van der Waals surface area (Å²) < 4.78 is 79.5. The van der Waals surface area contributed by atoms with Crippen molar-refractivity contribution < 1.29 is 36.3 Å². The Balaban J connectivity index is 0.000000171. The molecule has 0 saturated carbocycles. The molecule has 0 unspecified atom stereocenters. The van der Waals surface area contributed by atoms with Crippen LogP contribution in [-0.2, 0) is 14.4 Å². The lowest BCUT2D eigenvalue weighted by Crippen LogP contribution is -2.49. The Bertz CT molecular complexity index is 6650. The smallest absolute Gasteiger partial charge is 0.276 e. The minimum Gasteiger partial charge on any atom is -0.397 e. The minimum absolute atomic E-state index is 0.00306. The fourth-order valence-electron chi connectivity index (χ4n) is 16.6. The van der Waals surface area contributed by atoms with Crippen LogP contribution in [0.15, 0.2) is 107 Å². The molecule has 27 nitrogen and oxygen atoms in total. The van der Waals surface area contributed by atoms with Gasteiger partial charge in [0.15, 0.2) is 29.1 Å². The number of amides is 3. The summed E-state index contributed by atoms with van der Waals surface area (Å²) in [4.78, 5) is 118. The number of benzene rings is 3. The highest BCUT2D eigenvalue weighted by Gasteiger charge is 2.38. The van der Waals surface area contributed by atoms with E-state index in [1.807, 2.05) is 53.4 Å². The number of nitrogens with zero attached hydrogens (tertiary/aromatic N) is 18. The molecule has 3 aromatic carbocycles. The number of aromatic nitrogens is 9. The van der Waals surface area contributed by atoms with Gasteiger partial charge in [0.2, 0.25) is 17.7 Å². The van der Waals surface area contributed by atoms with Gasteiger partial charge < -0.3 is 46.6 Å². The lowest BCUT2D eigenvalue weighted by Gasteiger charge is -2.36. The number of aryl methyl sites for hydroxylation is 3. The molecule has 0 radical (unpaired) electrons. The Labute approximate surface area is 818 Å². The van der Waals surface area contributed by atoms with Crippen LogP contribution >= 0.6 is 116 Å². The zero-order valence-electron chi connectivity index (χ0n) is 73.2. The van der Waals surface area contributed by atoms with E-state index in [0.717, 1.165) is 0 Å². The lowest BCUT2D eigenvalue weighted by atomic mass is 10.0. The molecule has 12 aromatic rings. The van der Waals surface area contributed by atoms with Gasteiger partial charge in [0.05, 0.1) is 137 Å². The van der Waals surface area contributed by atoms with Crippen molar-refractivity contribution in [3.05, 3.63) is 254 Å². The molecule has 3 amide bonds. The van der Waals surface area contributed by atoms with Crippen molar-refractivity contribution in [3.63, 3.8) is 0 Å². The number of fused-ring (bicyclic) bond motifs is 3. The summed E-state index contributed by atoms with van der Waals surface area (Å²) in [6.07, 6.45) is 8.53. The van der Waals surface area contributed by atoms with Gasteiger partial charge in [-0.1, -0.05) is 177 Å². The molecule has 42 heteroatoms. The van der Waals surface area contributed by atoms with E-state index in [9.17, 15) is 53.3 Å². The van der Waals surface area contributed by atoms with Crippen LogP contribution in [0.1, 0.15) is 110 Å². The summed E-state index contributed by atoms with van der Waals surface area (Å²) in [5.41, 5.74) is 18.8. The van der Waals surface area contributed by atoms with Crippen LogP contribution in [0.3, 0.4) is 0 Å². The molecule has 0 bridgehead atoms. The number of pyridine rings is 9. The van der Waals surface area contributed by atoms with E-state index in [-0.39, 0.29) is 166 Å². The maximum absolute atomic E-state index is 15.5. The quantitative estimate of drug-likeness (QED) is 0.0282. The Morgan fingerprint density at radius 1 is 0.378 bits per heavy atom. The molecule has 9 aromatic heterocycles. The minimum atomic E-state index is -1.45. The second kappa shape index (κ2) is 40.3. The normalized spacial score (nSPS) is 13.4. The number of nitrogen functional groups attached to an aromatic ring is 3. The van der Waals surface area contributed by atoms with Gasteiger partial charge >= 0.3 is 0 Å². The Morgan fingerprint density at radius 3 is 0.867 bits per heavy atom. The number of hydrogen-bond donors (Lipinski definition) is 3. The predicted octanol–water partition coefficient (Wildman–Crippen LogP) is 19.7. The molecular formula is C93H78Cl10F5N21O6. The molecule has 135 heavy (non-hydrogen) atoms. The summed E-state index contributed by atoms with van der Waals surface area (Å²) >= 11 is 62.9. The van der Waals surface area contributed by atoms with Crippen LogP contribution in [0.4, 0.5) is 56.1 Å². The van der Waals surface area contributed by atoms with Crippen molar-refractivity contribution >= 4 is 201 Å².